The van der Waals surface area contributed by atoms with Crippen LogP contribution in [0.4, 0.5) is 5.69 Å². The Morgan fingerprint density at radius 2 is 1.83 bits per heavy atom. The van der Waals surface area contributed by atoms with Gasteiger partial charge in [0.1, 0.15) is 5.75 Å². The summed E-state index contributed by atoms with van der Waals surface area (Å²) in [5.74, 6) is -0.801. The summed E-state index contributed by atoms with van der Waals surface area (Å²) in [5, 5.41) is 5.53. The molecule has 158 valence electrons. The summed E-state index contributed by atoms with van der Waals surface area (Å²) in [7, 11) is 0. The number of esters is 1. The van der Waals surface area contributed by atoms with Gasteiger partial charge in [-0.1, -0.05) is 49.4 Å². The molecular weight excluding hydrogens is 384 g/mol. The zero-order chi connectivity index (χ0) is 21.5. The molecule has 2 N–H and O–H groups in total. The van der Waals surface area contributed by atoms with Crippen molar-refractivity contribution < 1.29 is 23.9 Å². The van der Waals surface area contributed by atoms with Gasteiger partial charge in [0.05, 0.1) is 12.1 Å². The molecule has 0 radical (unpaired) electrons. The second-order valence-corrected chi connectivity index (χ2v) is 7.19. The number of anilines is 1. The summed E-state index contributed by atoms with van der Waals surface area (Å²) < 4.78 is 10.8. The van der Waals surface area contributed by atoms with Gasteiger partial charge in [0, 0.05) is 12.5 Å². The Hall–Kier alpha value is -3.35. The van der Waals surface area contributed by atoms with E-state index >= 15 is 0 Å². The zero-order valence-corrected chi connectivity index (χ0v) is 17.1. The van der Waals surface area contributed by atoms with Gasteiger partial charge in [-0.05, 0) is 31.0 Å². The van der Waals surface area contributed by atoms with E-state index in [9.17, 15) is 14.4 Å². The predicted molar refractivity (Wildman–Crippen MR) is 112 cm³/mol. The Morgan fingerprint density at radius 3 is 2.57 bits per heavy atom. The number of benzene rings is 2. The average molecular weight is 410 g/mol. The van der Waals surface area contributed by atoms with Gasteiger partial charge >= 0.3 is 5.97 Å². The summed E-state index contributed by atoms with van der Waals surface area (Å²) in [6.07, 6.45) is -1.37. The van der Waals surface area contributed by atoms with E-state index in [1.807, 2.05) is 30.3 Å². The number of amides is 2. The average Bonchev–Trinajstić information content (AvgIpc) is 2.75. The molecule has 0 fully saturated rings. The van der Waals surface area contributed by atoms with E-state index in [4.69, 9.17) is 9.47 Å². The maximum absolute atomic E-state index is 12.4. The number of hydrogen-bond donors (Lipinski definition) is 2. The third-order valence-electron chi connectivity index (χ3n) is 5.02. The standard InChI is InChI=1S/C23H26N2O5/c1-3-16(17-9-5-4-6-10-17)14-24-22(27)15(2)29-21(26)13-20-23(28)25-18-11-7-8-12-19(18)30-20/h4-12,15-16,20H,3,13-14H2,1-2H3,(H,24,27)(H,25,28)/t15-,16+,20+/m0/s1. The SMILES string of the molecule is CC[C@H](CNC(=O)[C@H](C)OC(=O)C[C@H]1Oc2ccccc2NC1=O)c1ccccc1. The molecule has 0 unspecified atom stereocenters. The Bertz CT molecular complexity index is 899. The third-order valence-corrected chi connectivity index (χ3v) is 5.02. The Kier molecular flexibility index (Phi) is 7.06. The number of carbonyl (C=O) groups is 3. The molecule has 2 amide bonds. The van der Waals surface area contributed by atoms with E-state index in [0.29, 0.717) is 18.0 Å². The van der Waals surface area contributed by atoms with Gasteiger partial charge in [-0.3, -0.25) is 14.4 Å². The van der Waals surface area contributed by atoms with Crippen molar-refractivity contribution in [3.8, 4) is 5.75 Å². The Labute approximate surface area is 175 Å². The van der Waals surface area contributed by atoms with E-state index in [0.717, 1.165) is 12.0 Å². The van der Waals surface area contributed by atoms with Crippen molar-refractivity contribution >= 4 is 23.5 Å². The van der Waals surface area contributed by atoms with E-state index < -0.39 is 24.1 Å². The van der Waals surface area contributed by atoms with Crippen LogP contribution in [-0.4, -0.2) is 36.5 Å². The van der Waals surface area contributed by atoms with Gasteiger partial charge in [0.2, 0.25) is 0 Å². The fourth-order valence-corrected chi connectivity index (χ4v) is 3.27. The number of rotatable bonds is 8. The summed E-state index contributed by atoms with van der Waals surface area (Å²) in [6.45, 7) is 4.01. The van der Waals surface area contributed by atoms with Crippen LogP contribution in [0, 0.1) is 0 Å². The number of fused-ring (bicyclic) bond motifs is 1. The maximum atomic E-state index is 12.4. The molecule has 3 atom stereocenters. The lowest BCUT2D eigenvalue weighted by molar-refractivity contribution is -0.157. The topological polar surface area (TPSA) is 93.7 Å². The van der Waals surface area contributed by atoms with Crippen LogP contribution >= 0.6 is 0 Å². The largest absolute Gasteiger partial charge is 0.478 e. The molecule has 3 rings (SSSR count). The highest BCUT2D eigenvalue weighted by molar-refractivity contribution is 5.99. The van der Waals surface area contributed by atoms with E-state index in [-0.39, 0.29) is 18.2 Å². The van der Waals surface area contributed by atoms with Crippen molar-refractivity contribution in [3.63, 3.8) is 0 Å². The lowest BCUT2D eigenvalue weighted by Gasteiger charge is -2.25. The first-order valence-electron chi connectivity index (χ1n) is 10.1. The minimum absolute atomic E-state index is 0.178. The van der Waals surface area contributed by atoms with E-state index in [1.165, 1.54) is 6.92 Å². The predicted octanol–water partition coefficient (Wildman–Crippen LogP) is 3.02. The van der Waals surface area contributed by atoms with Gasteiger partial charge in [-0.25, -0.2) is 0 Å². The molecule has 0 spiro atoms. The molecule has 7 nitrogen and oxygen atoms in total. The van der Waals surface area contributed by atoms with Crippen molar-refractivity contribution in [2.45, 2.75) is 44.8 Å². The number of para-hydroxylation sites is 2. The smallest absolute Gasteiger partial charge is 0.310 e. The van der Waals surface area contributed by atoms with Gasteiger partial charge < -0.3 is 20.1 Å². The van der Waals surface area contributed by atoms with Gasteiger partial charge in [0.25, 0.3) is 11.8 Å². The number of nitrogens with one attached hydrogen (secondary N) is 2. The molecular formula is C23H26N2O5. The van der Waals surface area contributed by atoms with Crippen LogP contribution in [0.1, 0.15) is 38.2 Å². The fourth-order valence-electron chi connectivity index (χ4n) is 3.27. The van der Waals surface area contributed by atoms with Crippen molar-refractivity contribution in [3.05, 3.63) is 60.2 Å². The third kappa shape index (κ3) is 5.37. The van der Waals surface area contributed by atoms with Crippen molar-refractivity contribution in [1.82, 2.24) is 5.32 Å². The highest BCUT2D eigenvalue weighted by Gasteiger charge is 2.31. The number of hydrogen-bond acceptors (Lipinski definition) is 5. The second-order valence-electron chi connectivity index (χ2n) is 7.19. The van der Waals surface area contributed by atoms with Crippen LogP contribution < -0.4 is 15.4 Å². The highest BCUT2D eigenvalue weighted by atomic mass is 16.6. The highest BCUT2D eigenvalue weighted by Crippen LogP contribution is 2.29. The molecule has 1 aliphatic rings. The Balaban J connectivity index is 1.48. The van der Waals surface area contributed by atoms with Crippen molar-refractivity contribution in [2.24, 2.45) is 0 Å². The molecule has 1 aliphatic heterocycles. The van der Waals surface area contributed by atoms with E-state index in [1.54, 1.807) is 24.3 Å². The molecule has 0 bridgehead atoms. The lowest BCUT2D eigenvalue weighted by Crippen LogP contribution is -2.41. The van der Waals surface area contributed by atoms with Crippen LogP contribution in [0.3, 0.4) is 0 Å². The molecule has 7 heteroatoms. The quantitative estimate of drug-likeness (QED) is 0.653. The molecule has 0 saturated heterocycles. The van der Waals surface area contributed by atoms with Crippen molar-refractivity contribution in [2.75, 3.05) is 11.9 Å². The normalized spacial score (nSPS) is 17.0. The van der Waals surface area contributed by atoms with Gasteiger partial charge in [0.15, 0.2) is 12.2 Å². The minimum atomic E-state index is -0.995. The summed E-state index contributed by atoms with van der Waals surface area (Å²) >= 11 is 0. The zero-order valence-electron chi connectivity index (χ0n) is 17.1. The molecule has 1 heterocycles. The molecule has 0 aliphatic carbocycles. The fraction of sp³-hybridized carbons (Fsp3) is 0.348. The van der Waals surface area contributed by atoms with Crippen LogP contribution in [0.25, 0.3) is 0 Å². The van der Waals surface area contributed by atoms with E-state index in [2.05, 4.69) is 17.6 Å². The number of ether oxygens (including phenoxy) is 2. The molecule has 0 aromatic heterocycles. The Morgan fingerprint density at radius 1 is 1.13 bits per heavy atom. The first-order chi connectivity index (χ1) is 14.5. The molecule has 2 aromatic carbocycles. The van der Waals surface area contributed by atoms with Crippen molar-refractivity contribution in [1.29, 1.82) is 0 Å². The van der Waals surface area contributed by atoms with Gasteiger partial charge in [-0.15, -0.1) is 0 Å². The summed E-state index contributed by atoms with van der Waals surface area (Å²) in [4.78, 5) is 36.7. The molecule has 30 heavy (non-hydrogen) atoms. The maximum Gasteiger partial charge on any atom is 0.310 e. The van der Waals surface area contributed by atoms with Crippen LogP contribution in [0.2, 0.25) is 0 Å². The summed E-state index contributed by atoms with van der Waals surface area (Å²) in [6, 6.07) is 16.9. The van der Waals surface area contributed by atoms with Crippen LogP contribution in [0.15, 0.2) is 54.6 Å². The van der Waals surface area contributed by atoms with Gasteiger partial charge in [-0.2, -0.15) is 0 Å². The first kappa shape index (κ1) is 21.4. The number of carbonyl (C=O) groups excluding carboxylic acids is 3. The lowest BCUT2D eigenvalue weighted by atomic mass is 9.96. The molecule has 2 aromatic rings. The van der Waals surface area contributed by atoms with Crippen LogP contribution in [-0.2, 0) is 19.1 Å². The second kappa shape index (κ2) is 9.91. The summed E-state index contributed by atoms with van der Waals surface area (Å²) in [5.41, 5.74) is 1.70. The monoisotopic (exact) mass is 410 g/mol. The molecule has 0 saturated carbocycles. The minimum Gasteiger partial charge on any atom is -0.478 e. The van der Waals surface area contributed by atoms with Crippen LogP contribution in [0.5, 0.6) is 5.75 Å². The first-order valence-corrected chi connectivity index (χ1v) is 10.1.